The Bertz CT molecular complexity index is 1020. The molecule has 0 aliphatic carbocycles. The number of hydrogen-bond donors (Lipinski definition) is 0. The summed E-state index contributed by atoms with van der Waals surface area (Å²) in [7, 11) is -4.16. The summed E-state index contributed by atoms with van der Waals surface area (Å²) in [5, 5.41) is 14.2. The highest BCUT2D eigenvalue weighted by molar-refractivity contribution is 7.95. The summed E-state index contributed by atoms with van der Waals surface area (Å²) in [6.07, 6.45) is 1.22. The van der Waals surface area contributed by atoms with Gasteiger partial charge in [-0.1, -0.05) is 48.7 Å². The molecule has 1 aromatic carbocycles. The van der Waals surface area contributed by atoms with Gasteiger partial charge in [-0.2, -0.15) is 10.4 Å². The Morgan fingerprint density at radius 2 is 2.00 bits per heavy atom. The zero-order valence-electron chi connectivity index (χ0n) is 14.3. The average Bonchev–Trinajstić information content (AvgIpc) is 2.80. The van der Waals surface area contributed by atoms with Gasteiger partial charge in [0.15, 0.2) is 0 Å². The van der Waals surface area contributed by atoms with E-state index in [0.717, 1.165) is 0 Å². The molecule has 2 rings (SSSR count). The van der Waals surface area contributed by atoms with Crippen molar-refractivity contribution in [3.8, 4) is 6.07 Å². The van der Waals surface area contributed by atoms with E-state index in [0.29, 0.717) is 23.7 Å². The maximum Gasteiger partial charge on any atom is 0.218 e. The lowest BCUT2D eigenvalue weighted by atomic mass is 10.2. The van der Waals surface area contributed by atoms with E-state index < -0.39 is 14.7 Å². The highest BCUT2D eigenvalue weighted by Gasteiger charge is 2.25. The predicted octanol–water partition coefficient (Wildman–Crippen LogP) is 5.15. The molecule has 0 bridgehead atoms. The van der Waals surface area contributed by atoms with Crippen molar-refractivity contribution in [2.45, 2.75) is 32.2 Å². The molecule has 0 radical (unpaired) electrons. The highest BCUT2D eigenvalue weighted by atomic mass is 35.5. The molecule has 0 amide bonds. The number of rotatable bonds is 5. The summed E-state index contributed by atoms with van der Waals surface area (Å²) >= 11 is 18.2. The molecule has 1 heterocycles. The fourth-order valence-corrected chi connectivity index (χ4v) is 4.49. The van der Waals surface area contributed by atoms with Crippen LogP contribution in [0, 0.1) is 24.2 Å². The third-order valence-corrected chi connectivity index (χ3v) is 6.29. The van der Waals surface area contributed by atoms with Gasteiger partial charge < -0.3 is 0 Å². The lowest BCUT2D eigenvalue weighted by Gasteiger charge is -2.07. The lowest BCUT2D eigenvalue weighted by Crippen LogP contribution is -2.06. The summed E-state index contributed by atoms with van der Waals surface area (Å²) in [6.45, 7) is 6.29. The molecule has 0 saturated carbocycles. The van der Waals surface area contributed by atoms with Crippen LogP contribution in [0.3, 0.4) is 0 Å². The number of nitriles is 1. The number of allylic oxidation sites excluding steroid dienone is 1. The summed E-state index contributed by atoms with van der Waals surface area (Å²) in [6, 6.07) is 5.76. The molecule has 0 saturated heterocycles. The van der Waals surface area contributed by atoms with Crippen LogP contribution in [0.2, 0.25) is 15.2 Å². The summed E-state index contributed by atoms with van der Waals surface area (Å²) in [5.74, 6) is 0.299. The van der Waals surface area contributed by atoms with Crippen LogP contribution >= 0.6 is 34.8 Å². The number of sulfone groups is 1. The van der Waals surface area contributed by atoms with Crippen molar-refractivity contribution in [1.29, 1.82) is 5.26 Å². The van der Waals surface area contributed by atoms with Crippen molar-refractivity contribution in [3.63, 3.8) is 0 Å². The molecule has 5 nitrogen and oxygen atoms in total. The number of benzene rings is 1. The molecule has 0 fully saturated rings. The average molecular weight is 433 g/mol. The standard InChI is InChI=1S/C17H16Cl3N3O2S/c1-10(2)9-23-17(20)14(11(3)22-23)7-13(8-21)26(24,25)16-6-12(18)4-5-15(16)19/h4-7,10H,9H2,1-3H3. The van der Waals surface area contributed by atoms with Crippen LogP contribution in [0.25, 0.3) is 6.08 Å². The fourth-order valence-electron chi connectivity index (χ4n) is 2.30. The molecule has 0 aliphatic rings. The molecule has 0 aliphatic heterocycles. The number of nitrogens with zero attached hydrogens (tertiary/aromatic N) is 3. The van der Waals surface area contributed by atoms with Crippen LogP contribution in [-0.4, -0.2) is 18.2 Å². The van der Waals surface area contributed by atoms with Crippen molar-refractivity contribution in [3.05, 3.63) is 49.6 Å². The minimum Gasteiger partial charge on any atom is -0.253 e. The fraction of sp³-hybridized carbons (Fsp3) is 0.294. The SMILES string of the molecule is Cc1nn(CC(C)C)c(Cl)c1C=C(C#N)S(=O)(=O)c1cc(Cl)ccc1Cl. The Kier molecular flexibility index (Phi) is 6.41. The van der Waals surface area contributed by atoms with Gasteiger partial charge in [-0.3, -0.25) is 4.68 Å². The number of aromatic nitrogens is 2. The van der Waals surface area contributed by atoms with Crippen molar-refractivity contribution >= 4 is 50.7 Å². The molecular formula is C17H16Cl3N3O2S. The van der Waals surface area contributed by atoms with Gasteiger partial charge in [0.05, 0.1) is 15.6 Å². The van der Waals surface area contributed by atoms with Crippen LogP contribution in [0.5, 0.6) is 0 Å². The topological polar surface area (TPSA) is 75.8 Å². The summed E-state index contributed by atoms with van der Waals surface area (Å²) < 4.78 is 27.3. The highest BCUT2D eigenvalue weighted by Crippen LogP contribution is 2.32. The maximum atomic E-state index is 12.8. The normalized spacial score (nSPS) is 12.5. The van der Waals surface area contributed by atoms with E-state index in [1.807, 2.05) is 13.8 Å². The molecule has 26 heavy (non-hydrogen) atoms. The van der Waals surface area contributed by atoms with E-state index in [1.54, 1.807) is 17.7 Å². The molecule has 1 aromatic heterocycles. The first-order valence-corrected chi connectivity index (χ1v) is 10.2. The van der Waals surface area contributed by atoms with E-state index in [1.165, 1.54) is 24.3 Å². The first kappa shape index (κ1) is 20.8. The van der Waals surface area contributed by atoms with Gasteiger partial charge >= 0.3 is 0 Å². The molecule has 0 unspecified atom stereocenters. The first-order valence-electron chi connectivity index (χ1n) is 7.62. The summed E-state index contributed by atoms with van der Waals surface area (Å²) in [4.78, 5) is -0.724. The Morgan fingerprint density at radius 3 is 2.58 bits per heavy atom. The Labute approximate surface area is 167 Å². The van der Waals surface area contributed by atoms with Gasteiger partial charge in [0.25, 0.3) is 0 Å². The number of halogens is 3. The molecule has 0 atom stereocenters. The zero-order chi connectivity index (χ0) is 19.6. The van der Waals surface area contributed by atoms with Gasteiger partial charge in [-0.25, -0.2) is 8.42 Å². The van der Waals surface area contributed by atoms with Crippen molar-refractivity contribution in [2.75, 3.05) is 0 Å². The Balaban J connectivity index is 2.60. The van der Waals surface area contributed by atoms with Gasteiger partial charge in [0.1, 0.15) is 16.1 Å². The van der Waals surface area contributed by atoms with E-state index in [-0.39, 0.29) is 20.1 Å². The van der Waals surface area contributed by atoms with E-state index in [4.69, 9.17) is 34.8 Å². The van der Waals surface area contributed by atoms with Crippen LogP contribution in [-0.2, 0) is 16.4 Å². The molecule has 9 heteroatoms. The molecular weight excluding hydrogens is 417 g/mol. The van der Waals surface area contributed by atoms with Crippen LogP contribution in [0.1, 0.15) is 25.1 Å². The van der Waals surface area contributed by atoms with Crippen LogP contribution in [0.15, 0.2) is 28.0 Å². The monoisotopic (exact) mass is 431 g/mol. The molecule has 0 spiro atoms. The lowest BCUT2D eigenvalue weighted by molar-refractivity contribution is 0.482. The molecule has 0 N–H and O–H groups in total. The second-order valence-electron chi connectivity index (χ2n) is 6.06. The third-order valence-electron chi connectivity index (χ3n) is 3.51. The van der Waals surface area contributed by atoms with Crippen molar-refractivity contribution < 1.29 is 8.42 Å². The second kappa shape index (κ2) is 8.01. The Hall–Kier alpha value is -1.52. The smallest absolute Gasteiger partial charge is 0.218 e. The first-order chi connectivity index (χ1) is 12.1. The van der Waals surface area contributed by atoms with Crippen molar-refractivity contribution in [2.24, 2.45) is 5.92 Å². The van der Waals surface area contributed by atoms with Crippen LogP contribution < -0.4 is 0 Å². The third kappa shape index (κ3) is 4.24. The van der Waals surface area contributed by atoms with Crippen LogP contribution in [0.4, 0.5) is 0 Å². The predicted molar refractivity (Wildman–Crippen MR) is 104 cm³/mol. The largest absolute Gasteiger partial charge is 0.253 e. The minimum atomic E-state index is -4.16. The minimum absolute atomic E-state index is 0.0196. The second-order valence-corrected chi connectivity index (χ2v) is 9.15. The Morgan fingerprint density at radius 1 is 1.35 bits per heavy atom. The van der Waals surface area contributed by atoms with E-state index in [9.17, 15) is 13.7 Å². The van der Waals surface area contributed by atoms with Gasteiger partial charge in [0, 0.05) is 17.1 Å². The molecule has 138 valence electrons. The van der Waals surface area contributed by atoms with Crippen molar-refractivity contribution in [1.82, 2.24) is 9.78 Å². The van der Waals surface area contributed by atoms with Gasteiger partial charge in [-0.05, 0) is 37.1 Å². The maximum absolute atomic E-state index is 12.8. The number of aryl methyl sites for hydroxylation is 1. The number of hydrogen-bond acceptors (Lipinski definition) is 4. The molecule has 2 aromatic rings. The zero-order valence-corrected chi connectivity index (χ0v) is 17.4. The van der Waals surface area contributed by atoms with Gasteiger partial charge in [-0.15, -0.1) is 0 Å². The quantitative estimate of drug-likeness (QED) is 0.612. The van der Waals surface area contributed by atoms with Gasteiger partial charge in [0.2, 0.25) is 9.84 Å². The van der Waals surface area contributed by atoms with E-state index >= 15 is 0 Å². The summed E-state index contributed by atoms with van der Waals surface area (Å²) in [5.41, 5.74) is 0.904. The van der Waals surface area contributed by atoms with E-state index in [2.05, 4.69) is 5.10 Å².